The Balaban J connectivity index is 2.06. The second-order valence-electron chi connectivity index (χ2n) is 4.28. The van der Waals surface area contributed by atoms with Crippen LogP contribution in [0.3, 0.4) is 0 Å². The average molecular weight is 292 g/mol. The summed E-state index contributed by atoms with van der Waals surface area (Å²) in [6, 6.07) is 7.86. The van der Waals surface area contributed by atoms with Crippen molar-refractivity contribution >= 4 is 29.2 Å². The maximum atomic E-state index is 11.2. The van der Waals surface area contributed by atoms with Crippen LogP contribution in [0.25, 0.3) is 0 Å². The molecule has 0 fully saturated rings. The Morgan fingerprint density at radius 2 is 2.05 bits per heavy atom. The third kappa shape index (κ3) is 3.36. The third-order valence-corrected chi connectivity index (χ3v) is 2.98. The van der Waals surface area contributed by atoms with Crippen molar-refractivity contribution in [2.45, 2.75) is 0 Å². The van der Waals surface area contributed by atoms with Gasteiger partial charge in [-0.15, -0.1) is 0 Å². The Bertz CT molecular complexity index is 663. The summed E-state index contributed by atoms with van der Waals surface area (Å²) in [4.78, 5) is 13.2. The third-order valence-electron chi connectivity index (χ3n) is 2.60. The van der Waals surface area contributed by atoms with Gasteiger partial charge in [0, 0.05) is 19.8 Å². The monoisotopic (exact) mass is 291 g/mol. The quantitative estimate of drug-likeness (QED) is 0.667. The van der Waals surface area contributed by atoms with E-state index in [9.17, 15) is 4.79 Å². The molecule has 2 N–H and O–H groups in total. The molecule has 0 aliphatic carbocycles. The van der Waals surface area contributed by atoms with Crippen molar-refractivity contribution in [2.24, 2.45) is 5.10 Å². The van der Waals surface area contributed by atoms with Gasteiger partial charge in [-0.05, 0) is 17.7 Å². The molecule has 0 unspecified atom stereocenters. The lowest BCUT2D eigenvalue weighted by Crippen LogP contribution is -2.10. The summed E-state index contributed by atoms with van der Waals surface area (Å²) in [7, 11) is 3.96. The van der Waals surface area contributed by atoms with E-state index in [4.69, 9.17) is 11.6 Å². The summed E-state index contributed by atoms with van der Waals surface area (Å²) < 4.78 is 0. The van der Waals surface area contributed by atoms with E-state index < -0.39 is 5.56 Å². The maximum Gasteiger partial charge on any atom is 0.285 e. The fourth-order valence-electron chi connectivity index (χ4n) is 1.50. The standard InChI is InChI=1S/C13H14ClN5O/c1-19(2)10-5-3-9(4-6-10)7-15-17-11-8-16-18-13(20)12(11)14/h3-8H,1-2H3,(H2,17,18,20). The summed E-state index contributed by atoms with van der Waals surface area (Å²) >= 11 is 5.80. The molecule has 2 rings (SSSR count). The number of rotatable bonds is 4. The van der Waals surface area contributed by atoms with Gasteiger partial charge in [-0.1, -0.05) is 23.7 Å². The van der Waals surface area contributed by atoms with Crippen LogP contribution in [0.1, 0.15) is 5.56 Å². The minimum atomic E-state index is -0.456. The Labute approximate surface area is 121 Å². The van der Waals surface area contributed by atoms with Crippen LogP contribution in [0.5, 0.6) is 0 Å². The average Bonchev–Trinajstić information content (AvgIpc) is 2.44. The van der Waals surface area contributed by atoms with Gasteiger partial charge in [0.15, 0.2) is 0 Å². The molecular formula is C13H14ClN5O. The van der Waals surface area contributed by atoms with E-state index in [0.717, 1.165) is 11.3 Å². The Kier molecular flexibility index (Phi) is 4.37. The molecule has 0 spiro atoms. The lowest BCUT2D eigenvalue weighted by atomic mass is 10.2. The molecule has 1 aromatic heterocycles. The van der Waals surface area contributed by atoms with E-state index in [0.29, 0.717) is 5.69 Å². The number of hydrazone groups is 1. The summed E-state index contributed by atoms with van der Waals surface area (Å²) in [6.45, 7) is 0. The summed E-state index contributed by atoms with van der Waals surface area (Å²) in [6.07, 6.45) is 3.03. The van der Waals surface area contributed by atoms with Gasteiger partial charge in [-0.3, -0.25) is 10.2 Å². The maximum absolute atomic E-state index is 11.2. The van der Waals surface area contributed by atoms with Crippen molar-refractivity contribution in [3.05, 3.63) is 51.4 Å². The highest BCUT2D eigenvalue weighted by Gasteiger charge is 2.02. The van der Waals surface area contributed by atoms with Crippen molar-refractivity contribution < 1.29 is 0 Å². The van der Waals surface area contributed by atoms with Crippen LogP contribution in [0.4, 0.5) is 11.4 Å². The number of nitrogens with zero attached hydrogens (tertiary/aromatic N) is 3. The number of hydrogen-bond acceptors (Lipinski definition) is 5. The number of aromatic amines is 1. The number of nitrogens with one attached hydrogen (secondary N) is 2. The summed E-state index contributed by atoms with van der Waals surface area (Å²) in [5.41, 5.74) is 4.62. The highest BCUT2D eigenvalue weighted by molar-refractivity contribution is 6.32. The zero-order valence-electron chi connectivity index (χ0n) is 11.1. The fraction of sp³-hybridized carbons (Fsp3) is 0.154. The molecule has 1 aromatic carbocycles. The van der Waals surface area contributed by atoms with E-state index in [1.165, 1.54) is 6.20 Å². The van der Waals surface area contributed by atoms with Gasteiger partial charge in [0.05, 0.1) is 12.4 Å². The highest BCUT2D eigenvalue weighted by Crippen LogP contribution is 2.14. The van der Waals surface area contributed by atoms with Gasteiger partial charge in [0.2, 0.25) is 0 Å². The zero-order chi connectivity index (χ0) is 14.5. The van der Waals surface area contributed by atoms with Crippen molar-refractivity contribution in [3.63, 3.8) is 0 Å². The smallest absolute Gasteiger partial charge is 0.285 e. The first-order chi connectivity index (χ1) is 9.58. The topological polar surface area (TPSA) is 73.4 Å². The van der Waals surface area contributed by atoms with Crippen LogP contribution in [0.2, 0.25) is 5.02 Å². The van der Waals surface area contributed by atoms with Crippen LogP contribution in [-0.2, 0) is 0 Å². The molecule has 0 bridgehead atoms. The fourth-order valence-corrected chi connectivity index (χ4v) is 1.63. The summed E-state index contributed by atoms with van der Waals surface area (Å²) in [5, 5.41) is 9.92. The van der Waals surface area contributed by atoms with Gasteiger partial charge in [0.25, 0.3) is 5.56 Å². The molecule has 0 aliphatic rings. The van der Waals surface area contributed by atoms with Gasteiger partial charge in [0.1, 0.15) is 10.7 Å². The van der Waals surface area contributed by atoms with E-state index in [1.54, 1.807) is 6.21 Å². The number of anilines is 2. The Hall–Kier alpha value is -2.34. The van der Waals surface area contributed by atoms with Crippen molar-refractivity contribution in [1.29, 1.82) is 0 Å². The second kappa shape index (κ2) is 6.21. The molecule has 104 valence electrons. The van der Waals surface area contributed by atoms with Crippen LogP contribution < -0.4 is 15.9 Å². The van der Waals surface area contributed by atoms with Crippen LogP contribution in [0.15, 0.2) is 40.4 Å². The SMILES string of the molecule is CN(C)c1ccc(C=NNc2cn[nH]c(=O)c2Cl)cc1. The first-order valence-corrected chi connectivity index (χ1v) is 6.25. The van der Waals surface area contributed by atoms with Gasteiger partial charge < -0.3 is 4.90 Å². The second-order valence-corrected chi connectivity index (χ2v) is 4.66. The zero-order valence-corrected chi connectivity index (χ0v) is 11.8. The molecule has 6 nitrogen and oxygen atoms in total. The number of halogens is 1. The van der Waals surface area contributed by atoms with E-state index in [-0.39, 0.29) is 5.02 Å². The lowest BCUT2D eigenvalue weighted by molar-refractivity contribution is 0.987. The molecule has 0 radical (unpaired) electrons. The molecule has 0 atom stereocenters. The van der Waals surface area contributed by atoms with Gasteiger partial charge >= 0.3 is 0 Å². The van der Waals surface area contributed by atoms with Crippen LogP contribution >= 0.6 is 11.6 Å². The van der Waals surface area contributed by atoms with Crippen LogP contribution in [-0.4, -0.2) is 30.5 Å². The highest BCUT2D eigenvalue weighted by atomic mass is 35.5. The molecule has 0 saturated carbocycles. The van der Waals surface area contributed by atoms with Crippen molar-refractivity contribution in [2.75, 3.05) is 24.4 Å². The summed E-state index contributed by atoms with van der Waals surface area (Å²) in [5.74, 6) is 0. The lowest BCUT2D eigenvalue weighted by Gasteiger charge is -2.11. The Morgan fingerprint density at radius 1 is 1.35 bits per heavy atom. The molecule has 20 heavy (non-hydrogen) atoms. The van der Waals surface area contributed by atoms with E-state index in [2.05, 4.69) is 20.7 Å². The first kappa shape index (κ1) is 14.1. The number of H-pyrrole nitrogens is 1. The molecule has 7 heteroatoms. The van der Waals surface area contributed by atoms with Crippen LogP contribution in [0, 0.1) is 0 Å². The molecule has 0 amide bonds. The molecule has 1 heterocycles. The number of benzene rings is 1. The van der Waals surface area contributed by atoms with Crippen molar-refractivity contribution in [3.8, 4) is 0 Å². The normalized spacial score (nSPS) is 10.8. The minimum absolute atomic E-state index is 0.0279. The predicted octanol–water partition coefficient (Wildman–Crippen LogP) is 1.94. The number of hydrogen-bond donors (Lipinski definition) is 2. The molecule has 0 saturated heterocycles. The number of aromatic nitrogens is 2. The van der Waals surface area contributed by atoms with E-state index >= 15 is 0 Å². The largest absolute Gasteiger partial charge is 0.378 e. The van der Waals surface area contributed by atoms with Gasteiger partial charge in [-0.2, -0.15) is 10.2 Å². The first-order valence-electron chi connectivity index (χ1n) is 5.87. The van der Waals surface area contributed by atoms with E-state index in [1.807, 2.05) is 43.3 Å². The minimum Gasteiger partial charge on any atom is -0.378 e. The predicted molar refractivity (Wildman–Crippen MR) is 81.9 cm³/mol. The Morgan fingerprint density at radius 3 is 2.70 bits per heavy atom. The van der Waals surface area contributed by atoms with Gasteiger partial charge in [-0.25, -0.2) is 5.10 Å². The molecular weight excluding hydrogens is 278 g/mol. The van der Waals surface area contributed by atoms with Crippen molar-refractivity contribution in [1.82, 2.24) is 10.2 Å². The molecule has 0 aliphatic heterocycles. The molecule has 2 aromatic rings.